The fourth-order valence-corrected chi connectivity index (χ4v) is 2.34. The lowest BCUT2D eigenvalue weighted by molar-refractivity contribution is 0.282. The molecule has 0 fully saturated rings. The minimum absolute atomic E-state index is 0.00842. The molecular formula is C19H17NO2. The van der Waals surface area contributed by atoms with Crippen LogP contribution in [0.2, 0.25) is 0 Å². The molecule has 110 valence electrons. The third-order valence-electron chi connectivity index (χ3n) is 3.52. The van der Waals surface area contributed by atoms with Crippen molar-refractivity contribution in [3.05, 3.63) is 72.3 Å². The molecule has 1 aromatic heterocycles. The second kappa shape index (κ2) is 6.41. The van der Waals surface area contributed by atoms with Crippen LogP contribution in [0, 0.1) is 0 Å². The first kappa shape index (κ1) is 14.3. The van der Waals surface area contributed by atoms with Gasteiger partial charge in [-0.2, -0.15) is 0 Å². The van der Waals surface area contributed by atoms with Gasteiger partial charge in [-0.25, -0.2) is 4.98 Å². The normalized spacial score (nSPS) is 10.5. The predicted molar refractivity (Wildman–Crippen MR) is 87.6 cm³/mol. The Kier molecular flexibility index (Phi) is 4.17. The summed E-state index contributed by atoms with van der Waals surface area (Å²) < 4.78 is 5.18. The zero-order valence-corrected chi connectivity index (χ0v) is 12.4. The van der Waals surface area contributed by atoms with Crippen LogP contribution in [0.1, 0.15) is 5.56 Å². The van der Waals surface area contributed by atoms with Crippen LogP contribution in [0.5, 0.6) is 5.75 Å². The quantitative estimate of drug-likeness (QED) is 0.792. The molecule has 0 bridgehead atoms. The van der Waals surface area contributed by atoms with Crippen LogP contribution in [0.4, 0.5) is 0 Å². The van der Waals surface area contributed by atoms with Crippen molar-refractivity contribution in [3.63, 3.8) is 0 Å². The van der Waals surface area contributed by atoms with E-state index in [-0.39, 0.29) is 6.61 Å². The fourth-order valence-electron chi connectivity index (χ4n) is 2.34. The van der Waals surface area contributed by atoms with Gasteiger partial charge in [-0.1, -0.05) is 30.3 Å². The Bertz CT molecular complexity index is 752. The second-order valence-corrected chi connectivity index (χ2v) is 5.00. The SMILES string of the molecule is COc1ccc(-c2cc(CO)cc(-c3ccccc3)n2)cc1. The molecule has 0 saturated heterocycles. The number of aliphatic hydroxyl groups excluding tert-OH is 1. The Morgan fingerprint density at radius 1 is 0.864 bits per heavy atom. The number of pyridine rings is 1. The lowest BCUT2D eigenvalue weighted by Gasteiger charge is -2.09. The van der Waals surface area contributed by atoms with E-state index >= 15 is 0 Å². The molecule has 1 N–H and O–H groups in total. The number of aliphatic hydroxyl groups is 1. The predicted octanol–water partition coefficient (Wildman–Crippen LogP) is 3.92. The molecule has 3 heteroatoms. The Morgan fingerprint density at radius 3 is 2.00 bits per heavy atom. The summed E-state index contributed by atoms with van der Waals surface area (Å²) >= 11 is 0. The van der Waals surface area contributed by atoms with E-state index in [4.69, 9.17) is 9.72 Å². The standard InChI is InChI=1S/C19H17NO2/c1-22-17-9-7-16(8-10-17)19-12-14(13-21)11-18(20-19)15-5-3-2-4-6-15/h2-12,21H,13H2,1H3. The number of rotatable bonds is 4. The second-order valence-electron chi connectivity index (χ2n) is 5.00. The lowest BCUT2D eigenvalue weighted by Crippen LogP contribution is -1.93. The Labute approximate surface area is 129 Å². The average molecular weight is 291 g/mol. The molecule has 1 heterocycles. The van der Waals surface area contributed by atoms with E-state index in [0.717, 1.165) is 33.8 Å². The van der Waals surface area contributed by atoms with Gasteiger partial charge in [-0.15, -0.1) is 0 Å². The Morgan fingerprint density at radius 2 is 1.45 bits per heavy atom. The number of aromatic nitrogens is 1. The minimum Gasteiger partial charge on any atom is -0.497 e. The highest BCUT2D eigenvalue weighted by atomic mass is 16.5. The van der Waals surface area contributed by atoms with Gasteiger partial charge in [0.1, 0.15) is 5.75 Å². The van der Waals surface area contributed by atoms with E-state index in [2.05, 4.69) is 0 Å². The largest absolute Gasteiger partial charge is 0.497 e. The molecule has 22 heavy (non-hydrogen) atoms. The topological polar surface area (TPSA) is 42.4 Å². The molecule has 0 aliphatic rings. The summed E-state index contributed by atoms with van der Waals surface area (Å²) in [4.78, 5) is 4.73. The maximum Gasteiger partial charge on any atom is 0.118 e. The van der Waals surface area contributed by atoms with E-state index in [1.807, 2.05) is 66.7 Å². The molecule has 0 unspecified atom stereocenters. The summed E-state index contributed by atoms with van der Waals surface area (Å²) in [5.41, 5.74) is 4.58. The highest BCUT2D eigenvalue weighted by Gasteiger charge is 2.07. The van der Waals surface area contributed by atoms with Gasteiger partial charge in [0.25, 0.3) is 0 Å². The highest BCUT2D eigenvalue weighted by Crippen LogP contribution is 2.26. The van der Waals surface area contributed by atoms with Crippen LogP contribution in [0.25, 0.3) is 22.5 Å². The summed E-state index contributed by atoms with van der Waals surface area (Å²) in [7, 11) is 1.65. The van der Waals surface area contributed by atoms with E-state index in [1.165, 1.54) is 0 Å². The molecule has 0 aliphatic carbocycles. The molecule has 0 radical (unpaired) electrons. The van der Waals surface area contributed by atoms with Gasteiger partial charge in [-0.05, 0) is 42.0 Å². The summed E-state index contributed by atoms with van der Waals surface area (Å²) in [6.45, 7) is -0.00842. The number of nitrogens with zero attached hydrogens (tertiary/aromatic N) is 1. The van der Waals surface area contributed by atoms with Crippen LogP contribution >= 0.6 is 0 Å². The zero-order chi connectivity index (χ0) is 15.4. The molecule has 3 rings (SSSR count). The van der Waals surface area contributed by atoms with Crippen molar-refractivity contribution in [2.75, 3.05) is 7.11 Å². The summed E-state index contributed by atoms with van der Waals surface area (Å²) in [6.07, 6.45) is 0. The first-order chi connectivity index (χ1) is 10.8. The van der Waals surface area contributed by atoms with Crippen molar-refractivity contribution in [3.8, 4) is 28.3 Å². The average Bonchev–Trinajstić information content (AvgIpc) is 2.62. The zero-order valence-electron chi connectivity index (χ0n) is 12.4. The molecule has 3 aromatic rings. The number of benzene rings is 2. The molecular weight excluding hydrogens is 274 g/mol. The minimum atomic E-state index is -0.00842. The Hall–Kier alpha value is -2.65. The maximum atomic E-state index is 9.51. The van der Waals surface area contributed by atoms with Gasteiger partial charge in [0.05, 0.1) is 25.1 Å². The molecule has 0 spiro atoms. The molecule has 2 aromatic carbocycles. The van der Waals surface area contributed by atoms with E-state index in [9.17, 15) is 5.11 Å². The van der Waals surface area contributed by atoms with Gasteiger partial charge in [0.15, 0.2) is 0 Å². The number of methoxy groups -OCH3 is 1. The Balaban J connectivity index is 2.07. The highest BCUT2D eigenvalue weighted by molar-refractivity contribution is 5.67. The molecule has 0 amide bonds. The lowest BCUT2D eigenvalue weighted by atomic mass is 10.0. The number of hydrogen-bond donors (Lipinski definition) is 1. The smallest absolute Gasteiger partial charge is 0.118 e. The molecule has 0 aliphatic heterocycles. The van der Waals surface area contributed by atoms with Crippen molar-refractivity contribution in [1.29, 1.82) is 0 Å². The summed E-state index contributed by atoms with van der Waals surface area (Å²) in [6, 6.07) is 21.6. The molecule has 0 atom stereocenters. The van der Waals surface area contributed by atoms with Gasteiger partial charge < -0.3 is 9.84 Å². The van der Waals surface area contributed by atoms with Gasteiger partial charge in [0.2, 0.25) is 0 Å². The third-order valence-corrected chi connectivity index (χ3v) is 3.52. The van der Waals surface area contributed by atoms with Crippen LogP contribution in [-0.4, -0.2) is 17.2 Å². The third kappa shape index (κ3) is 3.00. The monoisotopic (exact) mass is 291 g/mol. The van der Waals surface area contributed by atoms with E-state index in [0.29, 0.717) is 0 Å². The van der Waals surface area contributed by atoms with Gasteiger partial charge in [-0.3, -0.25) is 0 Å². The van der Waals surface area contributed by atoms with Crippen LogP contribution in [0.3, 0.4) is 0 Å². The molecule has 3 nitrogen and oxygen atoms in total. The summed E-state index contributed by atoms with van der Waals surface area (Å²) in [5, 5.41) is 9.51. The van der Waals surface area contributed by atoms with E-state index in [1.54, 1.807) is 7.11 Å². The van der Waals surface area contributed by atoms with Crippen molar-refractivity contribution in [2.24, 2.45) is 0 Å². The number of hydrogen-bond acceptors (Lipinski definition) is 3. The van der Waals surface area contributed by atoms with Crippen molar-refractivity contribution < 1.29 is 9.84 Å². The van der Waals surface area contributed by atoms with E-state index < -0.39 is 0 Å². The fraction of sp³-hybridized carbons (Fsp3) is 0.105. The molecule has 0 saturated carbocycles. The van der Waals surface area contributed by atoms with Crippen LogP contribution in [-0.2, 0) is 6.61 Å². The van der Waals surface area contributed by atoms with Crippen molar-refractivity contribution in [2.45, 2.75) is 6.61 Å². The first-order valence-corrected chi connectivity index (χ1v) is 7.12. The number of ether oxygens (including phenoxy) is 1. The van der Waals surface area contributed by atoms with Crippen molar-refractivity contribution >= 4 is 0 Å². The first-order valence-electron chi connectivity index (χ1n) is 7.12. The summed E-state index contributed by atoms with van der Waals surface area (Å²) in [5.74, 6) is 0.811. The van der Waals surface area contributed by atoms with Crippen molar-refractivity contribution in [1.82, 2.24) is 4.98 Å². The van der Waals surface area contributed by atoms with Gasteiger partial charge in [0, 0.05) is 11.1 Å². The van der Waals surface area contributed by atoms with Gasteiger partial charge >= 0.3 is 0 Å². The van der Waals surface area contributed by atoms with Crippen LogP contribution < -0.4 is 4.74 Å². The maximum absolute atomic E-state index is 9.51. The van der Waals surface area contributed by atoms with Crippen LogP contribution in [0.15, 0.2) is 66.7 Å².